The van der Waals surface area contributed by atoms with Gasteiger partial charge in [-0.1, -0.05) is 0 Å². The number of amides is 1. The zero-order valence-corrected chi connectivity index (χ0v) is 8.75. The van der Waals surface area contributed by atoms with Crippen LogP contribution in [0.15, 0.2) is 0 Å². The van der Waals surface area contributed by atoms with Crippen molar-refractivity contribution in [2.75, 3.05) is 33.2 Å². The molecule has 1 saturated carbocycles. The van der Waals surface area contributed by atoms with Crippen molar-refractivity contribution in [3.05, 3.63) is 0 Å². The average molecular weight is 197 g/mol. The number of carbonyl (C=O) groups is 1. The molecular weight excluding hydrogens is 178 g/mol. The highest BCUT2D eigenvalue weighted by molar-refractivity contribution is 5.81. The first-order valence-corrected chi connectivity index (χ1v) is 5.47. The summed E-state index contributed by atoms with van der Waals surface area (Å²) in [6.45, 7) is 3.93. The van der Waals surface area contributed by atoms with E-state index in [-0.39, 0.29) is 11.9 Å². The van der Waals surface area contributed by atoms with E-state index in [0.717, 1.165) is 32.1 Å². The SMILES string of the molecule is CNC(=O)C1CNCCN1CC1CC1. The van der Waals surface area contributed by atoms with Crippen LogP contribution in [0.2, 0.25) is 0 Å². The second-order valence-corrected chi connectivity index (χ2v) is 4.27. The molecule has 0 radical (unpaired) electrons. The molecule has 1 saturated heterocycles. The second kappa shape index (κ2) is 4.28. The molecule has 1 aliphatic carbocycles. The number of nitrogens with zero attached hydrogens (tertiary/aromatic N) is 1. The predicted octanol–water partition coefficient (Wildman–Crippen LogP) is -0.584. The van der Waals surface area contributed by atoms with Gasteiger partial charge in [0, 0.05) is 33.2 Å². The molecule has 2 N–H and O–H groups in total. The van der Waals surface area contributed by atoms with Crippen LogP contribution in [0.3, 0.4) is 0 Å². The summed E-state index contributed by atoms with van der Waals surface area (Å²) in [5.74, 6) is 1.01. The zero-order chi connectivity index (χ0) is 9.97. The van der Waals surface area contributed by atoms with Gasteiger partial charge in [-0.15, -0.1) is 0 Å². The zero-order valence-electron chi connectivity index (χ0n) is 8.75. The Labute approximate surface area is 85.0 Å². The first-order chi connectivity index (χ1) is 6.81. The van der Waals surface area contributed by atoms with Crippen LogP contribution in [0, 0.1) is 5.92 Å². The van der Waals surface area contributed by atoms with E-state index in [0.29, 0.717) is 0 Å². The Morgan fingerprint density at radius 1 is 1.57 bits per heavy atom. The molecular formula is C10H19N3O. The van der Waals surface area contributed by atoms with E-state index in [9.17, 15) is 4.79 Å². The van der Waals surface area contributed by atoms with Gasteiger partial charge in [0.05, 0.1) is 0 Å². The minimum atomic E-state index is 0.0503. The molecule has 1 heterocycles. The molecule has 2 rings (SSSR count). The van der Waals surface area contributed by atoms with Gasteiger partial charge in [-0.05, 0) is 18.8 Å². The number of piperazine rings is 1. The maximum Gasteiger partial charge on any atom is 0.238 e. The van der Waals surface area contributed by atoms with E-state index in [2.05, 4.69) is 15.5 Å². The predicted molar refractivity (Wildman–Crippen MR) is 55.0 cm³/mol. The van der Waals surface area contributed by atoms with E-state index in [1.165, 1.54) is 12.8 Å². The van der Waals surface area contributed by atoms with Gasteiger partial charge in [0.1, 0.15) is 6.04 Å². The number of rotatable bonds is 3. The summed E-state index contributed by atoms with van der Waals surface area (Å²) in [6.07, 6.45) is 2.70. The molecule has 1 unspecified atom stereocenters. The Balaban J connectivity index is 1.91. The molecule has 4 nitrogen and oxygen atoms in total. The molecule has 0 aromatic heterocycles. The van der Waals surface area contributed by atoms with Crippen molar-refractivity contribution in [1.29, 1.82) is 0 Å². The fourth-order valence-electron chi connectivity index (χ4n) is 2.02. The van der Waals surface area contributed by atoms with E-state index in [4.69, 9.17) is 0 Å². The van der Waals surface area contributed by atoms with Crippen LogP contribution >= 0.6 is 0 Å². The van der Waals surface area contributed by atoms with Crippen molar-refractivity contribution in [3.8, 4) is 0 Å². The summed E-state index contributed by atoms with van der Waals surface area (Å²) in [7, 11) is 1.71. The van der Waals surface area contributed by atoms with Gasteiger partial charge in [-0.3, -0.25) is 9.69 Å². The van der Waals surface area contributed by atoms with Crippen molar-refractivity contribution in [3.63, 3.8) is 0 Å². The molecule has 1 aliphatic heterocycles. The largest absolute Gasteiger partial charge is 0.358 e. The van der Waals surface area contributed by atoms with Crippen LogP contribution in [0.25, 0.3) is 0 Å². The van der Waals surface area contributed by atoms with Gasteiger partial charge in [0.25, 0.3) is 0 Å². The third-order valence-corrected chi connectivity index (χ3v) is 3.09. The van der Waals surface area contributed by atoms with Gasteiger partial charge >= 0.3 is 0 Å². The first-order valence-electron chi connectivity index (χ1n) is 5.47. The first kappa shape index (κ1) is 9.93. The Kier molecular flexibility index (Phi) is 3.03. The number of carbonyl (C=O) groups excluding carboxylic acids is 1. The van der Waals surface area contributed by atoms with E-state index in [1.807, 2.05) is 0 Å². The van der Waals surface area contributed by atoms with Crippen molar-refractivity contribution < 1.29 is 4.79 Å². The molecule has 4 heteroatoms. The van der Waals surface area contributed by atoms with Crippen LogP contribution in [0.5, 0.6) is 0 Å². The summed E-state index contributed by atoms with van der Waals surface area (Å²) in [5.41, 5.74) is 0. The number of likely N-dealkylation sites (N-methyl/N-ethyl adjacent to an activating group) is 1. The maximum absolute atomic E-state index is 11.6. The lowest BCUT2D eigenvalue weighted by molar-refractivity contribution is -0.126. The molecule has 1 atom stereocenters. The van der Waals surface area contributed by atoms with Gasteiger partial charge in [-0.25, -0.2) is 0 Å². The highest BCUT2D eigenvalue weighted by Crippen LogP contribution is 2.30. The lowest BCUT2D eigenvalue weighted by Gasteiger charge is -2.34. The number of hydrogen-bond acceptors (Lipinski definition) is 3. The van der Waals surface area contributed by atoms with Crippen molar-refractivity contribution >= 4 is 5.91 Å². The van der Waals surface area contributed by atoms with Crippen LogP contribution in [0.4, 0.5) is 0 Å². The molecule has 80 valence electrons. The summed E-state index contributed by atoms with van der Waals surface area (Å²) >= 11 is 0. The highest BCUT2D eigenvalue weighted by Gasteiger charge is 2.32. The lowest BCUT2D eigenvalue weighted by atomic mass is 10.1. The van der Waals surface area contributed by atoms with Crippen LogP contribution in [-0.2, 0) is 4.79 Å². The summed E-state index contributed by atoms with van der Waals surface area (Å²) < 4.78 is 0. The Morgan fingerprint density at radius 2 is 2.36 bits per heavy atom. The molecule has 14 heavy (non-hydrogen) atoms. The van der Waals surface area contributed by atoms with Crippen molar-refractivity contribution in [2.45, 2.75) is 18.9 Å². The van der Waals surface area contributed by atoms with Crippen LogP contribution in [-0.4, -0.2) is 50.1 Å². The highest BCUT2D eigenvalue weighted by atomic mass is 16.2. The van der Waals surface area contributed by atoms with Crippen LogP contribution in [0.1, 0.15) is 12.8 Å². The molecule has 0 spiro atoms. The van der Waals surface area contributed by atoms with Gasteiger partial charge < -0.3 is 10.6 Å². The molecule has 0 bridgehead atoms. The fraction of sp³-hybridized carbons (Fsp3) is 0.900. The monoisotopic (exact) mass is 197 g/mol. The fourth-order valence-corrected chi connectivity index (χ4v) is 2.02. The van der Waals surface area contributed by atoms with E-state index < -0.39 is 0 Å². The van der Waals surface area contributed by atoms with E-state index in [1.54, 1.807) is 7.05 Å². The van der Waals surface area contributed by atoms with Crippen molar-refractivity contribution in [2.24, 2.45) is 5.92 Å². The Bertz CT molecular complexity index is 215. The summed E-state index contributed by atoms with van der Waals surface area (Å²) in [6, 6.07) is 0.0503. The number of hydrogen-bond donors (Lipinski definition) is 2. The Morgan fingerprint density at radius 3 is 3.00 bits per heavy atom. The van der Waals surface area contributed by atoms with Crippen LogP contribution < -0.4 is 10.6 Å². The smallest absolute Gasteiger partial charge is 0.238 e. The molecule has 0 aromatic rings. The Hall–Kier alpha value is -0.610. The standard InChI is InChI=1S/C10H19N3O/c1-11-10(14)9-6-12-4-5-13(9)7-8-2-3-8/h8-9,12H,2-7H2,1H3,(H,11,14). The van der Waals surface area contributed by atoms with E-state index >= 15 is 0 Å². The van der Waals surface area contributed by atoms with Gasteiger partial charge in [0.15, 0.2) is 0 Å². The summed E-state index contributed by atoms with van der Waals surface area (Å²) in [5, 5.41) is 6.01. The third kappa shape index (κ3) is 2.25. The topological polar surface area (TPSA) is 44.4 Å². The third-order valence-electron chi connectivity index (χ3n) is 3.09. The molecule has 2 fully saturated rings. The van der Waals surface area contributed by atoms with Gasteiger partial charge in [-0.2, -0.15) is 0 Å². The number of nitrogens with one attached hydrogen (secondary N) is 2. The molecule has 1 amide bonds. The maximum atomic E-state index is 11.6. The average Bonchev–Trinajstić information content (AvgIpc) is 3.01. The second-order valence-electron chi connectivity index (χ2n) is 4.27. The minimum absolute atomic E-state index is 0.0503. The van der Waals surface area contributed by atoms with Crippen molar-refractivity contribution in [1.82, 2.24) is 15.5 Å². The van der Waals surface area contributed by atoms with Gasteiger partial charge in [0.2, 0.25) is 5.91 Å². The quantitative estimate of drug-likeness (QED) is 0.636. The normalized spacial score (nSPS) is 28.8. The minimum Gasteiger partial charge on any atom is -0.358 e. The molecule has 0 aromatic carbocycles. The molecule has 2 aliphatic rings. The summed E-state index contributed by atoms with van der Waals surface area (Å²) in [4.78, 5) is 13.9. The lowest BCUT2D eigenvalue weighted by Crippen LogP contribution is -2.57.